The number of rotatable bonds is 8. The number of halogens is 1. The molecule has 5 nitrogen and oxygen atoms in total. The summed E-state index contributed by atoms with van der Waals surface area (Å²) in [5.41, 5.74) is 5.63. The molecule has 0 aromatic carbocycles. The lowest BCUT2D eigenvalue weighted by Crippen LogP contribution is -2.45. The first-order chi connectivity index (χ1) is 7.65. The maximum absolute atomic E-state index is 11.6. The van der Waals surface area contributed by atoms with Gasteiger partial charge in [-0.05, 0) is 18.8 Å². The fourth-order valence-electron chi connectivity index (χ4n) is 1.38. The molecule has 1 aliphatic rings. The molecule has 1 amide bonds. The number of nitrogens with two attached hydrogens (primary N) is 1. The van der Waals surface area contributed by atoms with Crippen molar-refractivity contribution in [3.05, 3.63) is 0 Å². The standard InChI is InChI=1S/C11H22N2O3.ClH/c1-13(11(14)10(12)8-15-2)5-6-16-7-9-3-4-9;/h9-10H,3-8,12H2,1-2H3;1H. The van der Waals surface area contributed by atoms with Crippen molar-refractivity contribution >= 4 is 18.3 Å². The van der Waals surface area contributed by atoms with Gasteiger partial charge in [-0.1, -0.05) is 0 Å². The van der Waals surface area contributed by atoms with Crippen LogP contribution in [0.2, 0.25) is 0 Å². The van der Waals surface area contributed by atoms with Gasteiger partial charge < -0.3 is 20.1 Å². The molecule has 1 fully saturated rings. The number of hydrogen-bond acceptors (Lipinski definition) is 4. The minimum Gasteiger partial charge on any atom is -0.383 e. The second-order valence-corrected chi connectivity index (χ2v) is 4.34. The van der Waals surface area contributed by atoms with Crippen molar-refractivity contribution in [2.75, 3.05) is 40.5 Å². The quantitative estimate of drug-likeness (QED) is 0.641. The lowest BCUT2D eigenvalue weighted by atomic mass is 10.3. The van der Waals surface area contributed by atoms with E-state index in [1.165, 1.54) is 20.0 Å². The van der Waals surface area contributed by atoms with Crippen molar-refractivity contribution in [1.29, 1.82) is 0 Å². The van der Waals surface area contributed by atoms with Crippen LogP contribution < -0.4 is 5.73 Å². The first-order valence-corrected chi connectivity index (χ1v) is 5.72. The van der Waals surface area contributed by atoms with Crippen LogP contribution in [0.4, 0.5) is 0 Å². The van der Waals surface area contributed by atoms with Gasteiger partial charge in [-0.15, -0.1) is 12.4 Å². The predicted molar refractivity (Wildman–Crippen MR) is 68.3 cm³/mol. The van der Waals surface area contributed by atoms with Gasteiger partial charge in [-0.3, -0.25) is 4.79 Å². The molecule has 6 heteroatoms. The molecular weight excluding hydrogens is 244 g/mol. The molecule has 0 spiro atoms. The third kappa shape index (κ3) is 6.83. The van der Waals surface area contributed by atoms with E-state index < -0.39 is 6.04 Å². The van der Waals surface area contributed by atoms with Crippen LogP contribution in [0.5, 0.6) is 0 Å². The minimum atomic E-state index is -0.571. The second-order valence-electron chi connectivity index (χ2n) is 4.34. The Bertz CT molecular complexity index is 225. The van der Waals surface area contributed by atoms with E-state index in [-0.39, 0.29) is 24.9 Å². The Balaban J connectivity index is 0.00000256. The average molecular weight is 267 g/mol. The van der Waals surface area contributed by atoms with Crippen LogP contribution in [0.25, 0.3) is 0 Å². The summed E-state index contributed by atoms with van der Waals surface area (Å²) in [5.74, 6) is 0.661. The van der Waals surface area contributed by atoms with Crippen molar-refractivity contribution < 1.29 is 14.3 Å². The highest BCUT2D eigenvalue weighted by Crippen LogP contribution is 2.28. The number of amides is 1. The Morgan fingerprint density at radius 2 is 2.18 bits per heavy atom. The van der Waals surface area contributed by atoms with Crippen LogP contribution in [-0.4, -0.2) is 57.4 Å². The lowest BCUT2D eigenvalue weighted by Gasteiger charge is -2.20. The monoisotopic (exact) mass is 266 g/mol. The lowest BCUT2D eigenvalue weighted by molar-refractivity contribution is -0.133. The Labute approximate surface area is 109 Å². The SMILES string of the molecule is COCC(N)C(=O)N(C)CCOCC1CC1.Cl. The van der Waals surface area contributed by atoms with Crippen molar-refractivity contribution in [3.8, 4) is 0 Å². The van der Waals surface area contributed by atoms with E-state index >= 15 is 0 Å². The number of methoxy groups -OCH3 is 1. The smallest absolute Gasteiger partial charge is 0.241 e. The molecule has 0 radical (unpaired) electrons. The molecule has 0 aliphatic heterocycles. The number of carbonyl (C=O) groups is 1. The van der Waals surface area contributed by atoms with Gasteiger partial charge >= 0.3 is 0 Å². The molecule has 0 bridgehead atoms. The summed E-state index contributed by atoms with van der Waals surface area (Å²) < 4.78 is 10.3. The van der Waals surface area contributed by atoms with E-state index in [1.807, 2.05) is 0 Å². The largest absolute Gasteiger partial charge is 0.383 e. The molecule has 1 rings (SSSR count). The number of likely N-dealkylation sites (N-methyl/N-ethyl adjacent to an activating group) is 1. The molecule has 1 unspecified atom stereocenters. The summed E-state index contributed by atoms with van der Waals surface area (Å²) in [6, 6.07) is -0.571. The second kappa shape index (κ2) is 8.69. The summed E-state index contributed by atoms with van der Waals surface area (Å²) in [7, 11) is 3.27. The number of nitrogens with zero attached hydrogens (tertiary/aromatic N) is 1. The molecule has 17 heavy (non-hydrogen) atoms. The highest BCUT2D eigenvalue weighted by Gasteiger charge is 2.21. The van der Waals surface area contributed by atoms with Gasteiger partial charge in [-0.2, -0.15) is 0 Å². The first-order valence-electron chi connectivity index (χ1n) is 5.72. The molecule has 2 N–H and O–H groups in total. The van der Waals surface area contributed by atoms with E-state index in [2.05, 4.69) is 0 Å². The van der Waals surface area contributed by atoms with Crippen LogP contribution >= 0.6 is 12.4 Å². The van der Waals surface area contributed by atoms with Gasteiger partial charge in [0.2, 0.25) is 5.91 Å². The molecule has 0 saturated heterocycles. The molecular formula is C11H23ClN2O3. The van der Waals surface area contributed by atoms with Gasteiger partial charge in [0, 0.05) is 27.3 Å². The Hall–Kier alpha value is -0.360. The predicted octanol–water partition coefficient (Wildman–Crippen LogP) is 0.267. The third-order valence-corrected chi connectivity index (χ3v) is 2.66. The molecule has 0 aromatic heterocycles. The van der Waals surface area contributed by atoms with Crippen LogP contribution in [0.15, 0.2) is 0 Å². The molecule has 1 aliphatic carbocycles. The van der Waals surface area contributed by atoms with Crippen molar-refractivity contribution in [1.82, 2.24) is 4.90 Å². The highest BCUT2D eigenvalue weighted by atomic mass is 35.5. The van der Waals surface area contributed by atoms with E-state index in [9.17, 15) is 4.79 Å². The first kappa shape index (κ1) is 16.6. The summed E-state index contributed by atoms with van der Waals surface area (Å²) in [4.78, 5) is 13.2. The molecule has 0 heterocycles. The maximum Gasteiger partial charge on any atom is 0.241 e. The zero-order valence-electron chi connectivity index (χ0n) is 10.6. The third-order valence-electron chi connectivity index (χ3n) is 2.66. The van der Waals surface area contributed by atoms with E-state index in [1.54, 1.807) is 11.9 Å². The molecule has 102 valence electrons. The minimum absolute atomic E-state index is 0. The molecule has 1 saturated carbocycles. The maximum atomic E-state index is 11.6. The summed E-state index contributed by atoms with van der Waals surface area (Å²) in [6.07, 6.45) is 2.57. The van der Waals surface area contributed by atoms with Crippen LogP contribution in [-0.2, 0) is 14.3 Å². The summed E-state index contributed by atoms with van der Waals surface area (Å²) in [5, 5.41) is 0. The summed E-state index contributed by atoms with van der Waals surface area (Å²) in [6.45, 7) is 2.25. The Morgan fingerprint density at radius 3 is 2.71 bits per heavy atom. The zero-order valence-corrected chi connectivity index (χ0v) is 11.4. The fourth-order valence-corrected chi connectivity index (χ4v) is 1.38. The van der Waals surface area contributed by atoms with Crippen molar-refractivity contribution in [3.63, 3.8) is 0 Å². The summed E-state index contributed by atoms with van der Waals surface area (Å²) >= 11 is 0. The van der Waals surface area contributed by atoms with Gasteiger partial charge in [0.05, 0.1) is 13.2 Å². The van der Waals surface area contributed by atoms with Gasteiger partial charge in [0.15, 0.2) is 0 Å². The van der Waals surface area contributed by atoms with Gasteiger partial charge in [0.25, 0.3) is 0 Å². The van der Waals surface area contributed by atoms with Crippen molar-refractivity contribution in [2.24, 2.45) is 11.7 Å². The van der Waals surface area contributed by atoms with Gasteiger partial charge in [0.1, 0.15) is 6.04 Å². The average Bonchev–Trinajstić information content (AvgIpc) is 3.07. The number of hydrogen-bond donors (Lipinski definition) is 1. The fraction of sp³-hybridized carbons (Fsp3) is 0.909. The van der Waals surface area contributed by atoms with Crippen LogP contribution in [0.1, 0.15) is 12.8 Å². The van der Waals surface area contributed by atoms with Crippen molar-refractivity contribution in [2.45, 2.75) is 18.9 Å². The highest BCUT2D eigenvalue weighted by molar-refractivity contribution is 5.85. The zero-order chi connectivity index (χ0) is 12.0. The topological polar surface area (TPSA) is 64.8 Å². The molecule has 1 atom stereocenters. The van der Waals surface area contributed by atoms with Gasteiger partial charge in [-0.25, -0.2) is 0 Å². The normalized spacial score (nSPS) is 16.2. The molecule has 0 aromatic rings. The van der Waals surface area contributed by atoms with Crippen LogP contribution in [0, 0.1) is 5.92 Å². The number of carbonyl (C=O) groups excluding carboxylic acids is 1. The van der Waals surface area contributed by atoms with Crippen LogP contribution in [0.3, 0.4) is 0 Å². The Morgan fingerprint density at radius 1 is 1.53 bits per heavy atom. The Kier molecular flexibility index (Phi) is 8.51. The van der Waals surface area contributed by atoms with E-state index in [0.717, 1.165) is 12.5 Å². The van der Waals surface area contributed by atoms with E-state index in [0.29, 0.717) is 13.2 Å². The van der Waals surface area contributed by atoms with E-state index in [4.69, 9.17) is 15.2 Å². The number of ether oxygens (including phenoxy) is 2.